The van der Waals surface area contributed by atoms with Gasteiger partial charge in [0.1, 0.15) is 0 Å². The molecule has 1 aliphatic carbocycles. The summed E-state index contributed by atoms with van der Waals surface area (Å²) in [7, 11) is 0. The van der Waals surface area contributed by atoms with Crippen molar-refractivity contribution in [3.8, 4) is 0 Å². The van der Waals surface area contributed by atoms with E-state index in [2.05, 4.69) is 52.9 Å². The second-order valence-corrected chi connectivity index (χ2v) is 6.54. The molecule has 0 bridgehead atoms. The van der Waals surface area contributed by atoms with Gasteiger partial charge in [-0.3, -0.25) is 0 Å². The molecule has 1 saturated carbocycles. The van der Waals surface area contributed by atoms with E-state index in [1.165, 1.54) is 30.6 Å². The van der Waals surface area contributed by atoms with E-state index < -0.39 is 0 Å². The zero-order valence-corrected chi connectivity index (χ0v) is 13.6. The van der Waals surface area contributed by atoms with E-state index in [-0.39, 0.29) is 6.04 Å². The van der Waals surface area contributed by atoms with Crippen molar-refractivity contribution >= 4 is 21.6 Å². The van der Waals surface area contributed by atoms with Crippen LogP contribution >= 0.6 is 15.9 Å². The number of hydrogen-bond acceptors (Lipinski definition) is 2. The fourth-order valence-electron chi connectivity index (χ4n) is 2.46. The second kappa shape index (κ2) is 6.76. The number of nitrogens with two attached hydrogens (primary N) is 1. The van der Waals surface area contributed by atoms with Gasteiger partial charge in [0.05, 0.1) is 0 Å². The number of rotatable bonds is 7. The summed E-state index contributed by atoms with van der Waals surface area (Å²) in [4.78, 5) is 2.52. The molecule has 0 heterocycles. The van der Waals surface area contributed by atoms with Gasteiger partial charge in [0.15, 0.2) is 0 Å². The van der Waals surface area contributed by atoms with Crippen molar-refractivity contribution in [3.05, 3.63) is 28.2 Å². The van der Waals surface area contributed by atoms with Crippen molar-refractivity contribution in [3.63, 3.8) is 0 Å². The van der Waals surface area contributed by atoms with Gasteiger partial charge in [0.2, 0.25) is 0 Å². The van der Waals surface area contributed by atoms with Crippen LogP contribution in [-0.2, 0) is 6.42 Å². The highest BCUT2D eigenvalue weighted by Gasteiger charge is 2.24. The summed E-state index contributed by atoms with van der Waals surface area (Å²) in [6.07, 6.45) is 4.79. The lowest BCUT2D eigenvalue weighted by atomic mass is 10.0. The van der Waals surface area contributed by atoms with E-state index in [9.17, 15) is 0 Å². The van der Waals surface area contributed by atoms with Crippen molar-refractivity contribution in [2.75, 3.05) is 18.0 Å². The topological polar surface area (TPSA) is 29.3 Å². The third-order valence-corrected chi connectivity index (χ3v) is 4.44. The first-order valence-electron chi connectivity index (χ1n) is 7.43. The maximum absolute atomic E-state index is 6.15. The molecule has 1 unspecified atom stereocenters. The Morgan fingerprint density at radius 1 is 1.37 bits per heavy atom. The van der Waals surface area contributed by atoms with Crippen molar-refractivity contribution in [1.82, 2.24) is 0 Å². The van der Waals surface area contributed by atoms with Crippen molar-refractivity contribution in [1.29, 1.82) is 0 Å². The fourth-order valence-corrected chi connectivity index (χ4v) is 2.87. The van der Waals surface area contributed by atoms with Crippen LogP contribution in [0.4, 0.5) is 5.69 Å². The molecule has 0 saturated heterocycles. The molecular weight excluding hydrogens is 300 g/mol. The van der Waals surface area contributed by atoms with Crippen LogP contribution in [0.2, 0.25) is 0 Å². The van der Waals surface area contributed by atoms with Crippen molar-refractivity contribution in [2.45, 2.75) is 45.6 Å². The fraction of sp³-hybridized carbons (Fsp3) is 0.625. The monoisotopic (exact) mass is 324 g/mol. The lowest BCUT2D eigenvalue weighted by Gasteiger charge is -2.27. The van der Waals surface area contributed by atoms with E-state index >= 15 is 0 Å². The van der Waals surface area contributed by atoms with Gasteiger partial charge < -0.3 is 10.6 Å². The lowest BCUT2D eigenvalue weighted by Crippen LogP contribution is -2.28. The lowest BCUT2D eigenvalue weighted by molar-refractivity contribution is 0.642. The molecule has 1 aliphatic rings. The molecule has 106 valence electrons. The summed E-state index contributed by atoms with van der Waals surface area (Å²) >= 11 is 3.58. The van der Waals surface area contributed by atoms with E-state index in [0.717, 1.165) is 29.8 Å². The average molecular weight is 325 g/mol. The Morgan fingerprint density at radius 2 is 2.11 bits per heavy atom. The quantitative estimate of drug-likeness (QED) is 0.822. The summed E-state index contributed by atoms with van der Waals surface area (Å²) in [6, 6.07) is 6.88. The highest BCUT2D eigenvalue weighted by atomic mass is 79.9. The summed E-state index contributed by atoms with van der Waals surface area (Å²) in [5, 5.41) is 0. The Morgan fingerprint density at radius 3 is 2.68 bits per heavy atom. The molecule has 1 atom stereocenters. The van der Waals surface area contributed by atoms with Gasteiger partial charge in [0.25, 0.3) is 0 Å². The van der Waals surface area contributed by atoms with Crippen LogP contribution < -0.4 is 10.6 Å². The zero-order valence-electron chi connectivity index (χ0n) is 12.0. The molecule has 0 spiro atoms. The summed E-state index contributed by atoms with van der Waals surface area (Å²) in [6.45, 7) is 6.68. The largest absolute Gasteiger partial charge is 0.371 e. The molecule has 0 radical (unpaired) electrons. The number of anilines is 1. The van der Waals surface area contributed by atoms with Gasteiger partial charge in [-0.25, -0.2) is 0 Å². The molecule has 19 heavy (non-hydrogen) atoms. The minimum absolute atomic E-state index is 0.257. The van der Waals surface area contributed by atoms with E-state index in [0.29, 0.717) is 0 Å². The van der Waals surface area contributed by atoms with E-state index in [1.807, 2.05) is 0 Å². The van der Waals surface area contributed by atoms with Crippen LogP contribution in [0, 0.1) is 5.92 Å². The van der Waals surface area contributed by atoms with Gasteiger partial charge in [-0.15, -0.1) is 0 Å². The maximum Gasteiger partial charge on any atom is 0.0400 e. The number of nitrogens with zero attached hydrogens (tertiary/aromatic N) is 1. The molecule has 0 aliphatic heterocycles. The van der Waals surface area contributed by atoms with E-state index in [4.69, 9.17) is 5.73 Å². The SMILES string of the molecule is CCC(N)Cc1cc(Br)ccc1N(CC)CC1CC1. The molecule has 3 heteroatoms. The molecular formula is C16H25BrN2. The molecule has 2 N–H and O–H groups in total. The Hall–Kier alpha value is -0.540. The average Bonchev–Trinajstić information content (AvgIpc) is 3.20. The number of benzene rings is 1. The predicted octanol–water partition coefficient (Wildman–Crippen LogP) is 3.97. The first kappa shape index (κ1) is 14.9. The van der Waals surface area contributed by atoms with Gasteiger partial charge in [-0.05, 0) is 62.3 Å². The Labute approximate surface area is 125 Å². The third-order valence-electron chi connectivity index (χ3n) is 3.95. The Bertz CT molecular complexity index is 415. The van der Waals surface area contributed by atoms with Gasteiger partial charge >= 0.3 is 0 Å². The van der Waals surface area contributed by atoms with Crippen molar-refractivity contribution in [2.24, 2.45) is 11.7 Å². The van der Waals surface area contributed by atoms with Crippen molar-refractivity contribution < 1.29 is 0 Å². The molecule has 1 aromatic rings. The Kier molecular flexibility index (Phi) is 5.28. The standard InChI is InChI=1S/C16H25BrN2/c1-3-15(18)10-13-9-14(17)7-8-16(13)19(4-2)11-12-5-6-12/h7-9,12,15H,3-6,10-11,18H2,1-2H3. The zero-order chi connectivity index (χ0) is 13.8. The normalized spacial score (nSPS) is 16.4. The second-order valence-electron chi connectivity index (χ2n) is 5.63. The van der Waals surface area contributed by atoms with Crippen LogP contribution in [0.1, 0.15) is 38.7 Å². The van der Waals surface area contributed by atoms with Crippen LogP contribution in [-0.4, -0.2) is 19.1 Å². The third kappa shape index (κ3) is 4.22. The van der Waals surface area contributed by atoms with Crippen LogP contribution in [0.5, 0.6) is 0 Å². The molecule has 2 nitrogen and oxygen atoms in total. The molecule has 2 rings (SSSR count). The minimum atomic E-state index is 0.257. The molecule has 1 fully saturated rings. The van der Waals surface area contributed by atoms with Crippen LogP contribution in [0.25, 0.3) is 0 Å². The first-order valence-corrected chi connectivity index (χ1v) is 8.22. The highest BCUT2D eigenvalue weighted by Crippen LogP contribution is 2.33. The molecule has 1 aromatic carbocycles. The van der Waals surface area contributed by atoms with Crippen LogP contribution in [0.15, 0.2) is 22.7 Å². The predicted molar refractivity (Wildman–Crippen MR) is 86.7 cm³/mol. The first-order chi connectivity index (χ1) is 9.13. The highest BCUT2D eigenvalue weighted by molar-refractivity contribution is 9.10. The number of hydrogen-bond donors (Lipinski definition) is 1. The molecule has 0 aromatic heterocycles. The van der Waals surface area contributed by atoms with Gasteiger partial charge in [-0.2, -0.15) is 0 Å². The van der Waals surface area contributed by atoms with Gasteiger partial charge in [0, 0.05) is 29.3 Å². The maximum atomic E-state index is 6.15. The summed E-state index contributed by atoms with van der Waals surface area (Å²) in [5.74, 6) is 0.913. The smallest absolute Gasteiger partial charge is 0.0400 e. The Balaban J connectivity index is 2.20. The van der Waals surface area contributed by atoms with Crippen LogP contribution in [0.3, 0.4) is 0 Å². The number of halogens is 1. The summed E-state index contributed by atoms with van der Waals surface area (Å²) < 4.78 is 1.15. The van der Waals surface area contributed by atoms with E-state index in [1.54, 1.807) is 0 Å². The molecule has 0 amide bonds. The van der Waals surface area contributed by atoms with Gasteiger partial charge in [-0.1, -0.05) is 22.9 Å². The summed E-state index contributed by atoms with van der Waals surface area (Å²) in [5.41, 5.74) is 8.90. The minimum Gasteiger partial charge on any atom is -0.371 e.